The molecular formula is C19H22F3N5S. The van der Waals surface area contributed by atoms with Gasteiger partial charge in [-0.2, -0.15) is 13.2 Å². The van der Waals surface area contributed by atoms with Crippen LogP contribution in [0, 0.1) is 0 Å². The summed E-state index contributed by atoms with van der Waals surface area (Å²) in [6.45, 7) is 2.01. The lowest BCUT2D eigenvalue weighted by Crippen LogP contribution is -2.22. The largest absolute Gasteiger partial charge is 0.416 e. The average molecular weight is 409 g/mol. The molecule has 0 saturated heterocycles. The van der Waals surface area contributed by atoms with Crippen molar-refractivity contribution in [2.45, 2.75) is 19.3 Å². The van der Waals surface area contributed by atoms with Crippen LogP contribution in [-0.2, 0) is 19.3 Å². The Morgan fingerprint density at radius 3 is 2.61 bits per heavy atom. The Bertz CT molecular complexity index is 923. The van der Waals surface area contributed by atoms with E-state index in [4.69, 9.17) is 0 Å². The minimum atomic E-state index is -4.36. The van der Waals surface area contributed by atoms with E-state index >= 15 is 0 Å². The van der Waals surface area contributed by atoms with Crippen LogP contribution in [0.15, 0.2) is 35.7 Å². The summed E-state index contributed by atoms with van der Waals surface area (Å²) in [6.07, 6.45) is -4.36. The second-order valence-corrected chi connectivity index (χ2v) is 7.53. The first kappa shape index (κ1) is 20.5. The quantitative estimate of drug-likeness (QED) is 0.590. The summed E-state index contributed by atoms with van der Waals surface area (Å²) in [4.78, 5) is 11.1. The van der Waals surface area contributed by atoms with E-state index in [1.807, 2.05) is 25.5 Å². The molecule has 0 spiro atoms. The number of anilines is 1. The molecule has 2 heterocycles. The van der Waals surface area contributed by atoms with Gasteiger partial charge in [0.25, 0.3) is 0 Å². The predicted molar refractivity (Wildman–Crippen MR) is 106 cm³/mol. The van der Waals surface area contributed by atoms with Gasteiger partial charge in [0.2, 0.25) is 5.95 Å². The number of hydrogen-bond acceptors (Lipinski definition) is 6. The van der Waals surface area contributed by atoms with Crippen molar-refractivity contribution >= 4 is 27.5 Å². The van der Waals surface area contributed by atoms with Crippen LogP contribution in [0.4, 0.5) is 19.1 Å². The summed E-state index contributed by atoms with van der Waals surface area (Å²) < 4.78 is 40.3. The maximum absolute atomic E-state index is 13.1. The highest BCUT2D eigenvalue weighted by molar-refractivity contribution is 7.17. The van der Waals surface area contributed by atoms with E-state index in [0.29, 0.717) is 19.0 Å². The van der Waals surface area contributed by atoms with E-state index in [-0.39, 0.29) is 12.1 Å². The normalized spacial score (nSPS) is 12.1. The average Bonchev–Trinajstić information content (AvgIpc) is 3.10. The van der Waals surface area contributed by atoms with Crippen LogP contribution >= 0.6 is 11.3 Å². The van der Waals surface area contributed by atoms with E-state index in [9.17, 15) is 13.2 Å². The highest BCUT2D eigenvalue weighted by Crippen LogP contribution is 2.32. The van der Waals surface area contributed by atoms with Gasteiger partial charge in [0.15, 0.2) is 0 Å². The van der Waals surface area contributed by atoms with Gasteiger partial charge in [0.05, 0.1) is 21.5 Å². The zero-order chi connectivity index (χ0) is 20.1. The Balaban J connectivity index is 1.71. The van der Waals surface area contributed by atoms with Gasteiger partial charge in [0.1, 0.15) is 0 Å². The maximum Gasteiger partial charge on any atom is 0.416 e. The molecule has 28 heavy (non-hydrogen) atoms. The molecule has 0 unspecified atom stereocenters. The molecule has 3 rings (SSSR count). The van der Waals surface area contributed by atoms with Crippen molar-refractivity contribution in [1.82, 2.24) is 20.2 Å². The lowest BCUT2D eigenvalue weighted by molar-refractivity contribution is -0.138. The van der Waals surface area contributed by atoms with Gasteiger partial charge in [-0.1, -0.05) is 18.2 Å². The minimum Gasteiger partial charge on any atom is -0.353 e. The fourth-order valence-electron chi connectivity index (χ4n) is 2.78. The number of alkyl halides is 3. The zero-order valence-corrected chi connectivity index (χ0v) is 16.5. The number of hydrogen-bond donors (Lipinski definition) is 2. The molecule has 2 aromatic heterocycles. The van der Waals surface area contributed by atoms with E-state index in [1.54, 1.807) is 6.07 Å². The highest BCUT2D eigenvalue weighted by atomic mass is 32.1. The molecule has 0 bridgehead atoms. The van der Waals surface area contributed by atoms with Crippen LogP contribution < -0.4 is 10.6 Å². The number of benzene rings is 1. The smallest absolute Gasteiger partial charge is 0.353 e. The molecule has 3 aromatic rings. The predicted octanol–water partition coefficient (Wildman–Crippen LogP) is 3.97. The van der Waals surface area contributed by atoms with Crippen LogP contribution in [0.1, 0.15) is 16.8 Å². The van der Waals surface area contributed by atoms with Crippen LogP contribution in [0.5, 0.6) is 0 Å². The molecule has 9 heteroatoms. The van der Waals surface area contributed by atoms with Crippen molar-refractivity contribution < 1.29 is 13.2 Å². The molecule has 0 aliphatic rings. The molecule has 0 aliphatic heterocycles. The number of nitrogens with zero attached hydrogens (tertiary/aromatic N) is 3. The summed E-state index contributed by atoms with van der Waals surface area (Å²) in [5, 5.41) is 8.23. The molecular weight excluding hydrogens is 387 g/mol. The monoisotopic (exact) mass is 409 g/mol. The van der Waals surface area contributed by atoms with Gasteiger partial charge < -0.3 is 15.5 Å². The molecule has 0 amide bonds. The van der Waals surface area contributed by atoms with E-state index < -0.39 is 11.7 Å². The lowest BCUT2D eigenvalue weighted by Gasteiger charge is -2.14. The SMILES string of the molecule is CN(C)CCNc1nc(CNCc2ccccc2C(F)(F)F)c2sccc2n1. The van der Waals surface area contributed by atoms with Crippen molar-refractivity contribution in [2.75, 3.05) is 32.5 Å². The zero-order valence-electron chi connectivity index (χ0n) is 15.7. The van der Waals surface area contributed by atoms with E-state index in [1.165, 1.54) is 23.5 Å². The van der Waals surface area contributed by atoms with Crippen LogP contribution in [-0.4, -0.2) is 42.1 Å². The Labute approximate surface area is 165 Å². The van der Waals surface area contributed by atoms with Crippen molar-refractivity contribution in [1.29, 1.82) is 0 Å². The number of thiophene rings is 1. The third-order valence-corrected chi connectivity index (χ3v) is 5.10. The number of aromatic nitrogens is 2. The molecule has 150 valence electrons. The van der Waals surface area contributed by atoms with Gasteiger partial charge in [-0.15, -0.1) is 11.3 Å². The Kier molecular flexibility index (Phi) is 6.48. The standard InChI is InChI=1S/C19H22F3N5S/c1-27(2)9-8-24-18-25-15-7-10-28-17(15)16(26-18)12-23-11-13-5-3-4-6-14(13)19(20,21)22/h3-7,10,23H,8-9,11-12H2,1-2H3,(H,24,25,26). The van der Waals surface area contributed by atoms with Crippen molar-refractivity contribution in [3.05, 3.63) is 52.5 Å². The summed E-state index contributed by atoms with van der Waals surface area (Å²) in [7, 11) is 3.97. The summed E-state index contributed by atoms with van der Waals surface area (Å²) in [5.41, 5.74) is 1.21. The number of likely N-dealkylation sites (N-methyl/N-ethyl adjacent to an activating group) is 1. The summed E-state index contributed by atoms with van der Waals surface area (Å²) in [5.74, 6) is 0.528. The first-order chi connectivity index (χ1) is 13.3. The van der Waals surface area contributed by atoms with Gasteiger partial charge >= 0.3 is 6.18 Å². The summed E-state index contributed by atoms with van der Waals surface area (Å²) >= 11 is 1.52. The van der Waals surface area contributed by atoms with Crippen molar-refractivity contribution in [3.8, 4) is 0 Å². The number of rotatable bonds is 8. The van der Waals surface area contributed by atoms with E-state index in [0.717, 1.165) is 28.5 Å². The van der Waals surface area contributed by atoms with Crippen molar-refractivity contribution in [3.63, 3.8) is 0 Å². The molecule has 5 nitrogen and oxygen atoms in total. The lowest BCUT2D eigenvalue weighted by atomic mass is 10.1. The third kappa shape index (κ3) is 5.18. The van der Waals surface area contributed by atoms with Crippen molar-refractivity contribution in [2.24, 2.45) is 0 Å². The van der Waals surface area contributed by atoms with Gasteiger partial charge in [0, 0.05) is 26.2 Å². The first-order valence-corrected chi connectivity index (χ1v) is 9.71. The van der Waals surface area contributed by atoms with Gasteiger partial charge in [-0.25, -0.2) is 9.97 Å². The van der Waals surface area contributed by atoms with Gasteiger partial charge in [-0.3, -0.25) is 0 Å². The molecule has 0 aliphatic carbocycles. The molecule has 0 saturated carbocycles. The Hall–Kier alpha value is -2.23. The van der Waals surface area contributed by atoms with Gasteiger partial charge in [-0.05, 0) is 37.2 Å². The fourth-order valence-corrected chi connectivity index (χ4v) is 3.60. The van der Waals surface area contributed by atoms with Crippen LogP contribution in [0.2, 0.25) is 0 Å². The van der Waals surface area contributed by atoms with Crippen LogP contribution in [0.25, 0.3) is 10.2 Å². The first-order valence-electron chi connectivity index (χ1n) is 8.83. The Morgan fingerprint density at radius 2 is 1.86 bits per heavy atom. The topological polar surface area (TPSA) is 53.1 Å². The molecule has 1 aromatic carbocycles. The summed E-state index contributed by atoms with van der Waals surface area (Å²) in [6, 6.07) is 7.52. The second-order valence-electron chi connectivity index (χ2n) is 6.62. The number of nitrogens with one attached hydrogen (secondary N) is 2. The highest BCUT2D eigenvalue weighted by Gasteiger charge is 2.32. The molecule has 0 atom stereocenters. The second kappa shape index (κ2) is 8.85. The molecule has 0 radical (unpaired) electrons. The fraction of sp³-hybridized carbons (Fsp3) is 0.368. The van der Waals surface area contributed by atoms with Crippen LogP contribution in [0.3, 0.4) is 0 Å². The Morgan fingerprint density at radius 1 is 1.07 bits per heavy atom. The molecule has 2 N–H and O–H groups in total. The molecule has 0 fully saturated rings. The van der Waals surface area contributed by atoms with E-state index in [2.05, 4.69) is 25.5 Å². The minimum absolute atomic E-state index is 0.107. The maximum atomic E-state index is 13.1. The number of fused-ring (bicyclic) bond motifs is 1. The number of halogens is 3. The third-order valence-electron chi connectivity index (χ3n) is 4.15.